The molecule has 1 fully saturated rings. The molecule has 1 saturated heterocycles. The number of piperazine rings is 1. The number of likely N-dealkylation sites (N-methyl/N-ethyl adjacent to an activating group) is 1. The molecule has 1 aromatic heterocycles. The van der Waals surface area contributed by atoms with Crippen LogP contribution in [0.1, 0.15) is 22.8 Å². The van der Waals surface area contributed by atoms with E-state index in [9.17, 15) is 4.79 Å². The first-order valence-electron chi connectivity index (χ1n) is 10.1. The summed E-state index contributed by atoms with van der Waals surface area (Å²) >= 11 is 0. The highest BCUT2D eigenvalue weighted by Gasteiger charge is 2.17. The molecule has 1 N–H and O–H groups in total. The molecular weight excluding hydrogens is 362 g/mol. The van der Waals surface area contributed by atoms with Gasteiger partial charge >= 0.3 is 0 Å². The normalized spacial score (nSPS) is 14.8. The SMILES string of the molecule is CCN1CCN(c2ccc(NC(=O)c3ccc(-n4cccn4)cc3)c(C)c2)CC1. The Labute approximate surface area is 171 Å². The summed E-state index contributed by atoms with van der Waals surface area (Å²) in [7, 11) is 0. The van der Waals surface area contributed by atoms with Crippen LogP contribution < -0.4 is 10.2 Å². The van der Waals surface area contributed by atoms with Crippen molar-refractivity contribution in [1.82, 2.24) is 14.7 Å². The Bertz CT molecular complexity index is 957. The maximum absolute atomic E-state index is 12.7. The quantitative estimate of drug-likeness (QED) is 0.725. The molecule has 2 heterocycles. The van der Waals surface area contributed by atoms with Crippen molar-refractivity contribution in [2.75, 3.05) is 42.9 Å². The van der Waals surface area contributed by atoms with Crippen molar-refractivity contribution in [1.29, 1.82) is 0 Å². The lowest BCUT2D eigenvalue weighted by Gasteiger charge is -2.35. The molecule has 0 radical (unpaired) electrons. The highest BCUT2D eigenvalue weighted by Crippen LogP contribution is 2.24. The van der Waals surface area contributed by atoms with E-state index < -0.39 is 0 Å². The molecule has 0 unspecified atom stereocenters. The van der Waals surface area contributed by atoms with Gasteiger partial charge in [-0.05, 0) is 67.6 Å². The first-order chi connectivity index (χ1) is 14.1. The Kier molecular flexibility index (Phi) is 5.62. The molecule has 6 heteroatoms. The highest BCUT2D eigenvalue weighted by atomic mass is 16.1. The van der Waals surface area contributed by atoms with Gasteiger partial charge in [-0.3, -0.25) is 4.79 Å². The van der Waals surface area contributed by atoms with Gasteiger partial charge in [-0.25, -0.2) is 4.68 Å². The lowest BCUT2D eigenvalue weighted by atomic mass is 10.1. The fourth-order valence-electron chi connectivity index (χ4n) is 3.69. The van der Waals surface area contributed by atoms with Crippen LogP contribution in [0.4, 0.5) is 11.4 Å². The van der Waals surface area contributed by atoms with E-state index in [1.54, 1.807) is 10.9 Å². The number of benzene rings is 2. The number of rotatable bonds is 5. The van der Waals surface area contributed by atoms with Gasteiger partial charge in [0.1, 0.15) is 0 Å². The Morgan fingerprint density at radius 2 is 1.76 bits per heavy atom. The van der Waals surface area contributed by atoms with E-state index in [1.807, 2.05) is 49.5 Å². The second-order valence-electron chi connectivity index (χ2n) is 7.37. The molecule has 4 rings (SSSR count). The van der Waals surface area contributed by atoms with E-state index in [0.717, 1.165) is 49.7 Å². The van der Waals surface area contributed by atoms with Crippen molar-refractivity contribution in [2.45, 2.75) is 13.8 Å². The van der Waals surface area contributed by atoms with Gasteiger partial charge in [-0.15, -0.1) is 0 Å². The molecule has 0 spiro atoms. The van der Waals surface area contributed by atoms with Crippen LogP contribution in [0, 0.1) is 6.92 Å². The summed E-state index contributed by atoms with van der Waals surface area (Å²) in [5.41, 5.74) is 4.69. The Morgan fingerprint density at radius 3 is 2.38 bits per heavy atom. The standard InChI is InChI=1S/C23H27N5O/c1-3-26-13-15-27(16-14-26)21-9-10-22(18(2)17-21)25-23(29)19-5-7-20(8-6-19)28-12-4-11-24-28/h4-12,17H,3,13-16H2,1-2H3,(H,25,29). The number of hydrogen-bond donors (Lipinski definition) is 1. The second kappa shape index (κ2) is 8.49. The predicted octanol–water partition coefficient (Wildman–Crippen LogP) is 3.57. The average molecular weight is 390 g/mol. The zero-order chi connectivity index (χ0) is 20.2. The molecule has 2 aromatic carbocycles. The topological polar surface area (TPSA) is 53.4 Å². The summed E-state index contributed by atoms with van der Waals surface area (Å²) < 4.78 is 1.77. The lowest BCUT2D eigenvalue weighted by Crippen LogP contribution is -2.46. The zero-order valence-electron chi connectivity index (χ0n) is 17.0. The van der Waals surface area contributed by atoms with Gasteiger partial charge in [0.2, 0.25) is 0 Å². The van der Waals surface area contributed by atoms with Crippen LogP contribution in [0.2, 0.25) is 0 Å². The van der Waals surface area contributed by atoms with Crippen LogP contribution in [0.25, 0.3) is 5.69 Å². The summed E-state index contributed by atoms with van der Waals surface area (Å²) in [6.45, 7) is 9.65. The average Bonchev–Trinajstić information content (AvgIpc) is 3.30. The third-order valence-corrected chi connectivity index (χ3v) is 5.54. The molecule has 0 atom stereocenters. The monoisotopic (exact) mass is 389 g/mol. The number of anilines is 2. The van der Waals surface area contributed by atoms with Gasteiger partial charge in [-0.1, -0.05) is 6.92 Å². The highest BCUT2D eigenvalue weighted by molar-refractivity contribution is 6.04. The van der Waals surface area contributed by atoms with Crippen molar-refractivity contribution in [2.24, 2.45) is 0 Å². The fraction of sp³-hybridized carbons (Fsp3) is 0.304. The summed E-state index contributed by atoms with van der Waals surface area (Å²) in [5.74, 6) is -0.107. The molecule has 1 amide bonds. The van der Waals surface area contributed by atoms with E-state index in [4.69, 9.17) is 0 Å². The van der Waals surface area contributed by atoms with Crippen LogP contribution in [-0.4, -0.2) is 53.3 Å². The smallest absolute Gasteiger partial charge is 0.255 e. The largest absolute Gasteiger partial charge is 0.369 e. The fourth-order valence-corrected chi connectivity index (χ4v) is 3.69. The molecule has 0 aliphatic carbocycles. The first kappa shape index (κ1) is 19.2. The van der Waals surface area contributed by atoms with Gasteiger partial charge in [-0.2, -0.15) is 5.10 Å². The van der Waals surface area contributed by atoms with E-state index in [2.05, 4.69) is 39.3 Å². The number of carbonyl (C=O) groups is 1. The number of aryl methyl sites for hydroxylation is 1. The van der Waals surface area contributed by atoms with Gasteiger partial charge in [0.25, 0.3) is 5.91 Å². The molecule has 29 heavy (non-hydrogen) atoms. The molecular formula is C23H27N5O. The molecule has 150 valence electrons. The molecule has 1 aliphatic heterocycles. The minimum atomic E-state index is -0.107. The third kappa shape index (κ3) is 4.32. The minimum Gasteiger partial charge on any atom is -0.369 e. The van der Waals surface area contributed by atoms with E-state index in [1.165, 1.54) is 5.69 Å². The Morgan fingerprint density at radius 1 is 1.03 bits per heavy atom. The maximum atomic E-state index is 12.7. The maximum Gasteiger partial charge on any atom is 0.255 e. The van der Waals surface area contributed by atoms with Crippen LogP contribution in [-0.2, 0) is 0 Å². The summed E-state index contributed by atoms with van der Waals surface area (Å²) in [4.78, 5) is 17.6. The van der Waals surface area contributed by atoms with E-state index in [-0.39, 0.29) is 5.91 Å². The predicted molar refractivity (Wildman–Crippen MR) is 117 cm³/mol. The van der Waals surface area contributed by atoms with Crippen molar-refractivity contribution < 1.29 is 4.79 Å². The van der Waals surface area contributed by atoms with Crippen LogP contribution in [0.3, 0.4) is 0 Å². The number of hydrogen-bond acceptors (Lipinski definition) is 4. The molecule has 6 nitrogen and oxygen atoms in total. The van der Waals surface area contributed by atoms with E-state index in [0.29, 0.717) is 5.56 Å². The van der Waals surface area contributed by atoms with Gasteiger partial charge in [0, 0.05) is 55.5 Å². The van der Waals surface area contributed by atoms with Crippen molar-refractivity contribution in [3.05, 3.63) is 72.1 Å². The van der Waals surface area contributed by atoms with Gasteiger partial charge in [0.15, 0.2) is 0 Å². The van der Waals surface area contributed by atoms with E-state index >= 15 is 0 Å². The zero-order valence-corrected chi connectivity index (χ0v) is 17.0. The summed E-state index contributed by atoms with van der Waals surface area (Å²) in [5, 5.41) is 7.24. The lowest BCUT2D eigenvalue weighted by molar-refractivity contribution is 0.102. The first-order valence-corrected chi connectivity index (χ1v) is 10.1. The number of nitrogens with zero attached hydrogens (tertiary/aromatic N) is 4. The third-order valence-electron chi connectivity index (χ3n) is 5.54. The number of nitrogens with one attached hydrogen (secondary N) is 1. The van der Waals surface area contributed by atoms with Crippen molar-refractivity contribution in [3.63, 3.8) is 0 Å². The second-order valence-corrected chi connectivity index (χ2v) is 7.37. The molecule has 1 aliphatic rings. The van der Waals surface area contributed by atoms with Crippen LogP contribution >= 0.6 is 0 Å². The van der Waals surface area contributed by atoms with Gasteiger partial charge < -0.3 is 15.1 Å². The van der Waals surface area contributed by atoms with Gasteiger partial charge in [0.05, 0.1) is 5.69 Å². The minimum absolute atomic E-state index is 0.107. The number of aromatic nitrogens is 2. The van der Waals surface area contributed by atoms with Crippen LogP contribution in [0.15, 0.2) is 60.9 Å². The summed E-state index contributed by atoms with van der Waals surface area (Å²) in [6, 6.07) is 15.6. The Balaban J connectivity index is 1.42. The van der Waals surface area contributed by atoms with Crippen molar-refractivity contribution in [3.8, 4) is 5.69 Å². The van der Waals surface area contributed by atoms with Crippen molar-refractivity contribution >= 4 is 17.3 Å². The number of amides is 1. The molecule has 3 aromatic rings. The summed E-state index contributed by atoms with van der Waals surface area (Å²) in [6.07, 6.45) is 3.61. The molecule has 0 saturated carbocycles. The van der Waals surface area contributed by atoms with Crippen LogP contribution in [0.5, 0.6) is 0 Å². The molecule has 0 bridgehead atoms. The number of carbonyl (C=O) groups excluding carboxylic acids is 1. The Hall–Kier alpha value is -3.12.